The zero-order valence-electron chi connectivity index (χ0n) is 17.0. The van der Waals surface area contributed by atoms with Crippen molar-refractivity contribution in [1.82, 2.24) is 0 Å². The molecule has 0 aliphatic rings. The molecule has 0 heterocycles. The van der Waals surface area contributed by atoms with Crippen LogP contribution in [0.3, 0.4) is 0 Å². The Balaban J connectivity index is 0.00000341. The molecule has 0 atom stereocenters. The molecule has 154 valence electrons. The SMILES string of the molecule is [CH2-]c1ccc(NS(=O)(=O)c2ccc(C)cc2)c(C(=O)Nc2ccccc2C(=O)O)c1.[K+]. The van der Waals surface area contributed by atoms with Gasteiger partial charge in [-0.05, 0) is 31.2 Å². The summed E-state index contributed by atoms with van der Waals surface area (Å²) in [6.07, 6.45) is 0. The van der Waals surface area contributed by atoms with E-state index in [1.165, 1.54) is 42.5 Å². The van der Waals surface area contributed by atoms with Crippen LogP contribution < -0.4 is 61.4 Å². The number of aryl methyl sites for hydroxylation is 1. The number of carboxylic acids is 1. The number of carbonyl (C=O) groups is 2. The van der Waals surface area contributed by atoms with E-state index in [0.29, 0.717) is 5.56 Å². The first-order valence-electron chi connectivity index (χ1n) is 8.86. The van der Waals surface area contributed by atoms with Crippen LogP contribution in [0.4, 0.5) is 11.4 Å². The van der Waals surface area contributed by atoms with Crippen molar-refractivity contribution in [2.75, 3.05) is 10.0 Å². The summed E-state index contributed by atoms with van der Waals surface area (Å²) in [5.41, 5.74) is 1.47. The van der Waals surface area contributed by atoms with E-state index < -0.39 is 21.9 Å². The van der Waals surface area contributed by atoms with Crippen LogP contribution in [-0.2, 0) is 10.0 Å². The van der Waals surface area contributed by atoms with E-state index in [-0.39, 0.29) is 78.8 Å². The van der Waals surface area contributed by atoms with Crippen LogP contribution in [0.15, 0.2) is 71.6 Å². The minimum atomic E-state index is -3.94. The third-order valence-corrected chi connectivity index (χ3v) is 5.69. The fraction of sp³-hybridized carbons (Fsp3) is 0.0455. The maximum atomic E-state index is 12.9. The summed E-state index contributed by atoms with van der Waals surface area (Å²) in [5.74, 6) is -1.87. The Hall–Kier alpha value is -2.14. The summed E-state index contributed by atoms with van der Waals surface area (Å²) in [6.45, 7) is 5.61. The monoisotopic (exact) mass is 462 g/mol. The standard InChI is InChI=1S/C22H19N2O5S.K/c1-14-7-10-16(11-8-14)30(28,29)24-20-12-9-15(2)13-18(20)21(25)23-19-6-4-3-5-17(19)22(26)27;/h3-13,24H,2H2,1H3,(H,23,25)(H,26,27);/q-1;+1. The van der Waals surface area contributed by atoms with Gasteiger partial charge >= 0.3 is 57.4 Å². The summed E-state index contributed by atoms with van der Waals surface area (Å²) < 4.78 is 27.9. The number of hydrogen-bond acceptors (Lipinski definition) is 4. The first kappa shape index (κ1) is 25.1. The molecule has 0 bridgehead atoms. The van der Waals surface area contributed by atoms with Gasteiger partial charge in [0, 0.05) is 11.3 Å². The molecule has 3 N–H and O–H groups in total. The molecule has 0 aromatic heterocycles. The molecule has 3 aromatic rings. The number of benzene rings is 3. The minimum absolute atomic E-state index is 0. The number of sulfonamides is 1. The number of hydrogen-bond donors (Lipinski definition) is 3. The van der Waals surface area contributed by atoms with Gasteiger partial charge in [-0.25, -0.2) is 13.2 Å². The first-order valence-corrected chi connectivity index (χ1v) is 10.3. The molecule has 3 aromatic carbocycles. The van der Waals surface area contributed by atoms with Gasteiger partial charge in [0.2, 0.25) is 5.91 Å². The van der Waals surface area contributed by atoms with Gasteiger partial charge in [0.25, 0.3) is 10.0 Å². The predicted octanol–water partition coefficient (Wildman–Crippen LogP) is 0.933. The molecule has 0 saturated heterocycles. The van der Waals surface area contributed by atoms with Crippen molar-refractivity contribution in [1.29, 1.82) is 0 Å². The zero-order valence-corrected chi connectivity index (χ0v) is 21.0. The number of aromatic carboxylic acids is 1. The van der Waals surface area contributed by atoms with Crippen LogP contribution in [0.2, 0.25) is 0 Å². The minimum Gasteiger partial charge on any atom is -0.478 e. The summed E-state index contributed by atoms with van der Waals surface area (Å²) in [4.78, 5) is 24.3. The predicted molar refractivity (Wildman–Crippen MR) is 114 cm³/mol. The average molecular weight is 463 g/mol. The van der Waals surface area contributed by atoms with Crippen LogP contribution in [-0.4, -0.2) is 25.4 Å². The Bertz CT molecular complexity index is 1220. The van der Waals surface area contributed by atoms with Crippen LogP contribution in [0.5, 0.6) is 0 Å². The second kappa shape index (κ2) is 10.4. The number of rotatable bonds is 6. The molecule has 0 fully saturated rings. The Morgan fingerprint density at radius 2 is 1.55 bits per heavy atom. The topological polar surface area (TPSA) is 113 Å². The van der Waals surface area contributed by atoms with Gasteiger partial charge in [-0.2, -0.15) is 18.6 Å². The van der Waals surface area contributed by atoms with Gasteiger partial charge in [-0.1, -0.05) is 35.9 Å². The third-order valence-electron chi connectivity index (χ3n) is 4.31. The number of para-hydroxylation sites is 1. The quantitative estimate of drug-likeness (QED) is 0.373. The van der Waals surface area contributed by atoms with Crippen molar-refractivity contribution in [3.63, 3.8) is 0 Å². The smallest absolute Gasteiger partial charge is 0.478 e. The molecule has 9 heteroatoms. The summed E-state index contributed by atoms with van der Waals surface area (Å²) in [5, 5.41) is 11.8. The third kappa shape index (κ3) is 6.19. The van der Waals surface area contributed by atoms with E-state index in [9.17, 15) is 23.1 Å². The number of nitrogens with one attached hydrogen (secondary N) is 2. The van der Waals surface area contributed by atoms with Crippen molar-refractivity contribution in [3.05, 3.63) is 95.9 Å². The largest absolute Gasteiger partial charge is 1.00 e. The number of carbonyl (C=O) groups excluding carboxylic acids is 1. The van der Waals surface area contributed by atoms with Crippen molar-refractivity contribution in [2.45, 2.75) is 11.8 Å². The van der Waals surface area contributed by atoms with Gasteiger partial charge < -0.3 is 10.4 Å². The molecule has 0 unspecified atom stereocenters. The molecule has 0 aliphatic heterocycles. The molecule has 7 nitrogen and oxygen atoms in total. The van der Waals surface area contributed by atoms with E-state index in [1.54, 1.807) is 24.3 Å². The van der Waals surface area contributed by atoms with E-state index >= 15 is 0 Å². The Kier molecular flexibility index (Phi) is 8.46. The van der Waals surface area contributed by atoms with Crippen molar-refractivity contribution >= 4 is 33.3 Å². The Morgan fingerprint density at radius 1 is 0.903 bits per heavy atom. The molecular formula is C22H19KN2O5S. The molecule has 0 spiro atoms. The Morgan fingerprint density at radius 3 is 2.19 bits per heavy atom. The molecule has 1 amide bonds. The maximum Gasteiger partial charge on any atom is 1.00 e. The van der Waals surface area contributed by atoms with E-state index in [2.05, 4.69) is 17.0 Å². The molecule has 31 heavy (non-hydrogen) atoms. The number of anilines is 2. The van der Waals surface area contributed by atoms with E-state index in [0.717, 1.165) is 5.56 Å². The summed E-state index contributed by atoms with van der Waals surface area (Å²) in [7, 11) is -3.94. The van der Waals surface area contributed by atoms with Gasteiger partial charge in [-0.15, -0.1) is 6.07 Å². The fourth-order valence-electron chi connectivity index (χ4n) is 2.76. The second-order valence-corrected chi connectivity index (χ2v) is 8.29. The molecule has 0 radical (unpaired) electrons. The van der Waals surface area contributed by atoms with Crippen molar-refractivity contribution < 1.29 is 74.5 Å². The van der Waals surface area contributed by atoms with Crippen LogP contribution in [0, 0.1) is 13.8 Å². The Labute approximate surface area is 223 Å². The molecule has 3 rings (SSSR count). The first-order chi connectivity index (χ1) is 14.2. The van der Waals surface area contributed by atoms with E-state index in [1.807, 2.05) is 6.92 Å². The number of amides is 1. The van der Waals surface area contributed by atoms with Crippen molar-refractivity contribution in [2.24, 2.45) is 0 Å². The van der Waals surface area contributed by atoms with Crippen LogP contribution in [0.25, 0.3) is 0 Å². The maximum absolute atomic E-state index is 12.9. The van der Waals surface area contributed by atoms with Gasteiger partial charge in [0.1, 0.15) is 0 Å². The van der Waals surface area contributed by atoms with Gasteiger partial charge in [0.15, 0.2) is 0 Å². The van der Waals surface area contributed by atoms with Gasteiger partial charge in [0.05, 0.1) is 16.1 Å². The second-order valence-electron chi connectivity index (χ2n) is 6.60. The van der Waals surface area contributed by atoms with Gasteiger partial charge in [-0.3, -0.25) is 9.52 Å². The van der Waals surface area contributed by atoms with Crippen molar-refractivity contribution in [3.8, 4) is 0 Å². The normalized spacial score (nSPS) is 10.6. The summed E-state index contributed by atoms with van der Waals surface area (Å²) in [6, 6.07) is 16.6. The molecule has 0 saturated carbocycles. The summed E-state index contributed by atoms with van der Waals surface area (Å²) >= 11 is 0. The fourth-order valence-corrected chi connectivity index (χ4v) is 3.84. The van der Waals surface area contributed by atoms with Crippen LogP contribution >= 0.6 is 0 Å². The molecule has 0 aliphatic carbocycles. The molecular weight excluding hydrogens is 443 g/mol. The average Bonchev–Trinajstić information content (AvgIpc) is 2.69. The number of carboxylic acid groups (broad SMARTS) is 1. The van der Waals surface area contributed by atoms with E-state index in [4.69, 9.17) is 0 Å². The zero-order chi connectivity index (χ0) is 21.9. The van der Waals surface area contributed by atoms with Crippen LogP contribution in [0.1, 0.15) is 31.8 Å².